The van der Waals surface area contributed by atoms with Crippen molar-refractivity contribution >= 4 is 22.6 Å². The van der Waals surface area contributed by atoms with Crippen molar-refractivity contribution in [1.82, 2.24) is 0 Å². The fraction of sp³-hybridized carbons (Fsp3) is 0.385. The van der Waals surface area contributed by atoms with Crippen molar-refractivity contribution in [3.8, 4) is 0 Å². The van der Waals surface area contributed by atoms with Crippen LogP contribution < -0.4 is 0 Å². The molecule has 0 aliphatic carbocycles. The number of methoxy groups -OCH3 is 1. The van der Waals surface area contributed by atoms with Gasteiger partial charge in [0.25, 0.3) is 0 Å². The fourth-order valence-corrected chi connectivity index (χ4v) is 5.01. The van der Waals surface area contributed by atoms with Crippen LogP contribution in [0, 0.1) is 5.92 Å². The van der Waals surface area contributed by atoms with Gasteiger partial charge in [0.2, 0.25) is 0 Å². The highest BCUT2D eigenvalue weighted by Gasteiger charge is 2.45. The second-order valence-electron chi connectivity index (χ2n) is 8.21. The zero-order valence-electron chi connectivity index (χ0n) is 19.5. The summed E-state index contributed by atoms with van der Waals surface area (Å²) in [4.78, 5) is 25.2. The van der Waals surface area contributed by atoms with E-state index in [1.165, 1.54) is 7.11 Å². The molecule has 1 aliphatic rings. The van der Waals surface area contributed by atoms with Gasteiger partial charge in [0.05, 0.1) is 35.2 Å². The van der Waals surface area contributed by atoms with Crippen LogP contribution >= 0.6 is 0 Å². The maximum atomic E-state index is 12.7. The van der Waals surface area contributed by atoms with Gasteiger partial charge >= 0.3 is 11.9 Å². The van der Waals surface area contributed by atoms with Gasteiger partial charge in [-0.3, -0.25) is 0 Å². The molecular formula is C26H30O8S. The monoisotopic (exact) mass is 502 g/mol. The van der Waals surface area contributed by atoms with Gasteiger partial charge in [0.15, 0.2) is 0 Å². The number of carbonyl (C=O) groups is 2. The van der Waals surface area contributed by atoms with E-state index in [4.69, 9.17) is 18.9 Å². The smallest absolute Gasteiger partial charge is 0.338 e. The minimum atomic E-state index is -2.65. The first-order valence-corrected chi connectivity index (χ1v) is 12.7. The molecule has 8 nitrogen and oxygen atoms in total. The van der Waals surface area contributed by atoms with Gasteiger partial charge in [-0.15, -0.1) is 6.58 Å². The largest absolute Gasteiger partial charge is 0.458 e. The first-order valence-electron chi connectivity index (χ1n) is 11.3. The van der Waals surface area contributed by atoms with Crippen LogP contribution in [0.4, 0.5) is 0 Å². The third-order valence-corrected chi connectivity index (χ3v) is 6.55. The molecule has 2 aromatic carbocycles. The molecule has 1 heterocycles. The lowest BCUT2D eigenvalue weighted by Gasteiger charge is -2.25. The number of hydrogen-bond donors (Lipinski definition) is 1. The quantitative estimate of drug-likeness (QED) is 0.268. The molecule has 188 valence electrons. The molecule has 3 rings (SSSR count). The Morgan fingerprint density at radius 2 is 1.60 bits per heavy atom. The molecule has 0 aromatic heterocycles. The zero-order chi connectivity index (χ0) is 25.2. The van der Waals surface area contributed by atoms with Crippen LogP contribution in [-0.2, 0) is 29.7 Å². The van der Waals surface area contributed by atoms with Gasteiger partial charge in [0, 0.05) is 19.4 Å². The maximum absolute atomic E-state index is 12.7. The summed E-state index contributed by atoms with van der Waals surface area (Å²) >= 11 is 0. The molecule has 1 saturated heterocycles. The number of hydrogen-bond acceptors (Lipinski definition) is 8. The second-order valence-corrected chi connectivity index (χ2v) is 9.24. The minimum Gasteiger partial charge on any atom is -0.458 e. The van der Waals surface area contributed by atoms with Crippen molar-refractivity contribution in [3.05, 3.63) is 84.4 Å². The summed E-state index contributed by atoms with van der Waals surface area (Å²) in [6.07, 6.45) is -0.112. The predicted octanol–water partition coefficient (Wildman–Crippen LogP) is 3.05. The standard InChI is InChI=1S/C26H30O8S/c1-3-10-22-21(17-35(29)30)24(31-2)23(34-22)15-20(33-26(28)19-13-8-5-9-14-19)16-32-25(27)18-11-6-4-7-12-18/h3-9,11-14,20-24,35H,1,10,15-17H2,2H3/t20-,21-,22-,23+,24+/m0/s1. The molecule has 0 unspecified atom stereocenters. The van der Waals surface area contributed by atoms with Gasteiger partial charge in [0.1, 0.15) is 23.4 Å². The molecule has 9 heteroatoms. The predicted molar refractivity (Wildman–Crippen MR) is 130 cm³/mol. The molecule has 0 bridgehead atoms. The number of rotatable bonds is 12. The number of ether oxygens (including phenoxy) is 4. The summed E-state index contributed by atoms with van der Waals surface area (Å²) in [7, 11) is -1.17. The molecular weight excluding hydrogens is 472 g/mol. The van der Waals surface area contributed by atoms with E-state index in [1.807, 2.05) is 0 Å². The van der Waals surface area contributed by atoms with Crippen molar-refractivity contribution in [2.75, 3.05) is 19.5 Å². The molecule has 0 spiro atoms. The van der Waals surface area contributed by atoms with E-state index in [0.29, 0.717) is 17.5 Å². The first kappa shape index (κ1) is 26.6. The maximum Gasteiger partial charge on any atom is 0.338 e. The van der Waals surface area contributed by atoms with Crippen molar-refractivity contribution in [2.45, 2.75) is 37.3 Å². The minimum absolute atomic E-state index is 0.0969. The summed E-state index contributed by atoms with van der Waals surface area (Å²) in [5.74, 6) is -1.62. The first-order chi connectivity index (χ1) is 16.9. The number of benzene rings is 2. The Labute approximate surface area is 206 Å². The summed E-state index contributed by atoms with van der Waals surface area (Å²) < 4.78 is 45.9. The number of carbonyl (C=O) groups excluding carboxylic acids is 2. The topological polar surface area (TPSA) is 105 Å². The average Bonchev–Trinajstić information content (AvgIpc) is 3.18. The Balaban J connectivity index is 1.76. The van der Waals surface area contributed by atoms with E-state index in [1.54, 1.807) is 66.7 Å². The van der Waals surface area contributed by atoms with E-state index in [0.717, 1.165) is 0 Å². The summed E-state index contributed by atoms with van der Waals surface area (Å²) in [5, 5.41) is 0. The Bertz CT molecular complexity index is 1050. The Morgan fingerprint density at radius 3 is 2.14 bits per heavy atom. The van der Waals surface area contributed by atoms with Crippen LogP contribution in [0.2, 0.25) is 0 Å². The normalized spacial score (nSPS) is 22.5. The zero-order valence-corrected chi connectivity index (χ0v) is 20.4. The Hall–Kier alpha value is -3.01. The highest BCUT2D eigenvalue weighted by Crippen LogP contribution is 2.34. The molecule has 1 aliphatic heterocycles. The lowest BCUT2D eigenvalue weighted by molar-refractivity contribution is -0.0516. The van der Waals surface area contributed by atoms with Crippen LogP contribution in [0.5, 0.6) is 0 Å². The van der Waals surface area contributed by atoms with Crippen LogP contribution in [0.1, 0.15) is 33.6 Å². The van der Waals surface area contributed by atoms with Crippen LogP contribution in [0.3, 0.4) is 0 Å². The number of thiol groups is 1. The molecule has 5 atom stereocenters. The van der Waals surface area contributed by atoms with Gasteiger partial charge in [-0.2, -0.15) is 0 Å². The van der Waals surface area contributed by atoms with E-state index in [9.17, 15) is 18.0 Å². The van der Waals surface area contributed by atoms with Gasteiger partial charge in [-0.1, -0.05) is 42.5 Å². The van der Waals surface area contributed by atoms with Crippen molar-refractivity contribution in [3.63, 3.8) is 0 Å². The molecule has 35 heavy (non-hydrogen) atoms. The van der Waals surface area contributed by atoms with Gasteiger partial charge in [-0.25, -0.2) is 18.0 Å². The van der Waals surface area contributed by atoms with Gasteiger partial charge in [-0.05, 0) is 30.7 Å². The lowest BCUT2D eigenvalue weighted by Crippen LogP contribution is -2.37. The SMILES string of the molecule is C=CC[C@@H]1O[C@H](C[C@@H](COC(=O)c2ccccc2)OC(=O)c2ccccc2)[C@H](OC)[C@H]1C[SH](=O)=O. The van der Waals surface area contributed by atoms with Crippen molar-refractivity contribution < 1.29 is 37.0 Å². The molecule has 0 amide bonds. The van der Waals surface area contributed by atoms with Crippen LogP contribution in [-0.4, -0.2) is 64.2 Å². The summed E-state index contributed by atoms with van der Waals surface area (Å²) in [5.41, 5.74) is 0.728. The van der Waals surface area contributed by atoms with Crippen LogP contribution in [0.25, 0.3) is 0 Å². The second kappa shape index (κ2) is 13.2. The number of esters is 2. The molecule has 1 fully saturated rings. The molecule has 0 saturated carbocycles. The van der Waals surface area contributed by atoms with Crippen LogP contribution in [0.15, 0.2) is 73.3 Å². The third kappa shape index (κ3) is 7.48. The summed E-state index contributed by atoms with van der Waals surface area (Å²) in [6, 6.07) is 17.0. The fourth-order valence-electron chi connectivity index (χ4n) is 4.22. The van der Waals surface area contributed by atoms with Crippen molar-refractivity contribution in [1.29, 1.82) is 0 Å². The summed E-state index contributed by atoms with van der Waals surface area (Å²) in [6.45, 7) is 3.53. The average molecular weight is 503 g/mol. The van der Waals surface area contributed by atoms with E-state index in [2.05, 4.69) is 6.58 Å². The van der Waals surface area contributed by atoms with E-state index in [-0.39, 0.29) is 18.8 Å². The Kier molecular flexibility index (Phi) is 10.0. The molecule has 0 radical (unpaired) electrons. The van der Waals surface area contributed by atoms with E-state index >= 15 is 0 Å². The lowest BCUT2D eigenvalue weighted by atomic mass is 9.94. The Morgan fingerprint density at radius 1 is 1.00 bits per heavy atom. The highest BCUT2D eigenvalue weighted by molar-refractivity contribution is 7.72. The molecule has 0 N–H and O–H groups in total. The van der Waals surface area contributed by atoms with Crippen molar-refractivity contribution in [2.24, 2.45) is 5.92 Å². The highest BCUT2D eigenvalue weighted by atomic mass is 32.2. The third-order valence-electron chi connectivity index (χ3n) is 5.83. The van der Waals surface area contributed by atoms with Gasteiger partial charge < -0.3 is 18.9 Å². The van der Waals surface area contributed by atoms with E-state index < -0.39 is 53.0 Å². The molecule has 2 aromatic rings.